The third-order valence-electron chi connectivity index (χ3n) is 7.03. The van der Waals surface area contributed by atoms with Gasteiger partial charge in [-0.2, -0.15) is 4.31 Å². The third-order valence-corrected chi connectivity index (χ3v) is 9.19. The molecule has 1 spiro atoms. The molecular weight excluding hydrogens is 488 g/mol. The maximum absolute atomic E-state index is 13.8. The van der Waals surface area contributed by atoms with Crippen molar-refractivity contribution in [3.8, 4) is 0 Å². The molecule has 0 N–H and O–H groups in total. The Bertz CT molecular complexity index is 1160. The van der Waals surface area contributed by atoms with Crippen LogP contribution in [0.4, 0.5) is 5.69 Å². The molecule has 2 fully saturated rings. The van der Waals surface area contributed by atoms with E-state index in [4.69, 9.17) is 11.6 Å². The molecule has 8 nitrogen and oxygen atoms in total. The van der Waals surface area contributed by atoms with Gasteiger partial charge in [-0.15, -0.1) is 0 Å². The summed E-state index contributed by atoms with van der Waals surface area (Å²) in [4.78, 5) is 32.1. The minimum Gasteiger partial charge on any atom is -0.342 e. The van der Waals surface area contributed by atoms with Crippen LogP contribution < -0.4 is 4.90 Å². The highest BCUT2D eigenvalue weighted by Gasteiger charge is 2.55. The van der Waals surface area contributed by atoms with Crippen molar-refractivity contribution in [2.24, 2.45) is 0 Å². The minimum absolute atomic E-state index is 0.0123. The molecule has 188 valence electrons. The number of piperidine rings is 1. The zero-order valence-corrected chi connectivity index (χ0v) is 21.6. The highest BCUT2D eigenvalue weighted by molar-refractivity contribution is 7.89. The van der Waals surface area contributed by atoms with Crippen LogP contribution in [0.1, 0.15) is 26.7 Å². The summed E-state index contributed by atoms with van der Waals surface area (Å²) in [6.45, 7) is 5.72. The van der Waals surface area contributed by atoms with Gasteiger partial charge in [0.2, 0.25) is 21.8 Å². The van der Waals surface area contributed by atoms with Crippen LogP contribution in [0.25, 0.3) is 0 Å². The van der Waals surface area contributed by atoms with Crippen LogP contribution in [-0.4, -0.2) is 79.3 Å². The van der Waals surface area contributed by atoms with E-state index in [1.807, 2.05) is 49.1 Å². The van der Waals surface area contributed by atoms with Crippen molar-refractivity contribution in [1.82, 2.24) is 14.1 Å². The predicted molar refractivity (Wildman–Crippen MR) is 136 cm³/mol. The normalized spacial score (nSPS) is 18.3. The van der Waals surface area contributed by atoms with Crippen molar-refractivity contribution in [3.63, 3.8) is 0 Å². The van der Waals surface area contributed by atoms with E-state index in [1.165, 1.54) is 16.4 Å². The minimum atomic E-state index is -3.70. The molecule has 2 saturated heterocycles. The highest BCUT2D eigenvalue weighted by atomic mass is 35.5. The fourth-order valence-corrected chi connectivity index (χ4v) is 6.58. The summed E-state index contributed by atoms with van der Waals surface area (Å²) in [6.07, 6.45) is 0.674. The molecule has 0 aromatic heterocycles. The smallest absolute Gasteiger partial charge is 0.250 e. The van der Waals surface area contributed by atoms with Crippen LogP contribution in [0, 0.1) is 0 Å². The molecule has 2 aliphatic rings. The van der Waals surface area contributed by atoms with Gasteiger partial charge in [0.15, 0.2) is 0 Å². The number of carbonyl (C=O) groups is 2. The largest absolute Gasteiger partial charge is 0.342 e. The van der Waals surface area contributed by atoms with Gasteiger partial charge in [-0.3, -0.25) is 9.59 Å². The summed E-state index contributed by atoms with van der Waals surface area (Å²) < 4.78 is 27.9. The van der Waals surface area contributed by atoms with E-state index in [9.17, 15) is 18.0 Å². The average molecular weight is 519 g/mol. The maximum Gasteiger partial charge on any atom is 0.250 e. The summed E-state index contributed by atoms with van der Waals surface area (Å²) in [5, 5.41) is 0.468. The first-order chi connectivity index (χ1) is 16.7. The van der Waals surface area contributed by atoms with E-state index >= 15 is 0 Å². The van der Waals surface area contributed by atoms with Crippen LogP contribution >= 0.6 is 11.6 Å². The Labute approximate surface area is 212 Å². The molecule has 2 amide bonds. The Morgan fingerprint density at radius 2 is 1.60 bits per heavy atom. The van der Waals surface area contributed by atoms with Gasteiger partial charge >= 0.3 is 0 Å². The monoisotopic (exact) mass is 518 g/mol. The van der Waals surface area contributed by atoms with Crippen LogP contribution in [0.2, 0.25) is 5.02 Å². The summed E-state index contributed by atoms with van der Waals surface area (Å²) in [7, 11) is -3.70. The number of hydrogen-bond donors (Lipinski definition) is 0. The van der Waals surface area contributed by atoms with Crippen molar-refractivity contribution in [1.29, 1.82) is 0 Å². The van der Waals surface area contributed by atoms with Crippen molar-refractivity contribution in [2.45, 2.75) is 37.1 Å². The van der Waals surface area contributed by atoms with Crippen molar-refractivity contribution >= 4 is 39.1 Å². The van der Waals surface area contributed by atoms with Crippen LogP contribution in [-0.2, 0) is 19.6 Å². The van der Waals surface area contributed by atoms with Crippen LogP contribution in [0.3, 0.4) is 0 Å². The Morgan fingerprint density at radius 1 is 1.00 bits per heavy atom. The SMILES string of the molecule is CCN(CC)C(=O)CN1CN(c2ccccc2)C2(CCN(S(=O)(=O)c3ccc(Cl)cc3)CC2)C1=O. The molecular formula is C25H31ClN4O4S. The topological polar surface area (TPSA) is 81.2 Å². The van der Waals surface area contributed by atoms with E-state index in [0.717, 1.165) is 5.69 Å². The van der Waals surface area contributed by atoms with E-state index in [1.54, 1.807) is 21.9 Å². The van der Waals surface area contributed by atoms with Gasteiger partial charge < -0.3 is 14.7 Å². The Kier molecular flexibility index (Phi) is 7.40. The summed E-state index contributed by atoms with van der Waals surface area (Å²) in [5.74, 6) is -0.207. The summed E-state index contributed by atoms with van der Waals surface area (Å²) in [6, 6.07) is 15.7. The zero-order valence-electron chi connectivity index (χ0n) is 20.1. The number of para-hydroxylation sites is 1. The lowest BCUT2D eigenvalue weighted by molar-refractivity contribution is -0.140. The van der Waals surface area contributed by atoms with Gasteiger partial charge in [0, 0.05) is 36.9 Å². The summed E-state index contributed by atoms with van der Waals surface area (Å²) in [5.41, 5.74) is -0.00988. The lowest BCUT2D eigenvalue weighted by Gasteiger charge is -2.42. The number of nitrogens with zero attached hydrogens (tertiary/aromatic N) is 4. The predicted octanol–water partition coefficient (Wildman–Crippen LogP) is 3.04. The number of amides is 2. The first kappa shape index (κ1) is 25.5. The van der Waals surface area contributed by atoms with Crippen LogP contribution in [0.5, 0.6) is 0 Å². The van der Waals surface area contributed by atoms with Gasteiger partial charge in [0.1, 0.15) is 12.1 Å². The molecule has 10 heteroatoms. The van der Waals surface area contributed by atoms with Crippen molar-refractivity contribution < 1.29 is 18.0 Å². The standard InChI is InChI=1S/C25H31ClN4O4S/c1-3-27(4-2)23(31)18-28-19-30(21-8-6-5-7-9-21)25(24(28)32)14-16-29(17-15-25)35(33,34)22-12-10-20(26)11-13-22/h5-13H,3-4,14-19H2,1-2H3. The number of sulfonamides is 1. The molecule has 2 aliphatic heterocycles. The lowest BCUT2D eigenvalue weighted by Crippen LogP contribution is -2.57. The van der Waals surface area contributed by atoms with Gasteiger partial charge in [-0.25, -0.2) is 8.42 Å². The van der Waals surface area contributed by atoms with Gasteiger partial charge in [0.25, 0.3) is 0 Å². The number of anilines is 1. The number of benzene rings is 2. The number of rotatable bonds is 7. The molecule has 2 aromatic rings. The van der Waals surface area contributed by atoms with Gasteiger partial charge in [0.05, 0.1) is 11.6 Å². The maximum atomic E-state index is 13.8. The quantitative estimate of drug-likeness (QED) is 0.563. The Hall–Kier alpha value is -2.62. The molecule has 35 heavy (non-hydrogen) atoms. The van der Waals surface area contributed by atoms with E-state index < -0.39 is 15.6 Å². The number of carbonyl (C=O) groups excluding carboxylic acids is 2. The second-order valence-electron chi connectivity index (χ2n) is 8.86. The number of halogens is 1. The first-order valence-electron chi connectivity index (χ1n) is 11.9. The van der Waals surface area contributed by atoms with E-state index in [-0.39, 0.29) is 36.3 Å². The fraction of sp³-hybridized carbons (Fsp3) is 0.440. The molecule has 0 unspecified atom stereocenters. The fourth-order valence-electron chi connectivity index (χ4n) is 5.01. The Balaban J connectivity index is 1.59. The zero-order chi connectivity index (χ0) is 25.2. The molecule has 2 aromatic carbocycles. The van der Waals surface area contributed by atoms with Gasteiger partial charge in [-0.1, -0.05) is 29.8 Å². The molecule has 0 atom stereocenters. The van der Waals surface area contributed by atoms with Gasteiger partial charge in [-0.05, 0) is 63.1 Å². The number of hydrogen-bond acceptors (Lipinski definition) is 5. The second-order valence-corrected chi connectivity index (χ2v) is 11.2. The second kappa shape index (κ2) is 10.2. The van der Waals surface area contributed by atoms with E-state index in [2.05, 4.69) is 0 Å². The van der Waals surface area contributed by atoms with Crippen molar-refractivity contribution in [2.75, 3.05) is 44.3 Å². The number of likely N-dealkylation sites (N-methyl/N-ethyl adjacent to an activating group) is 1. The average Bonchev–Trinajstić information content (AvgIpc) is 3.12. The molecule has 0 saturated carbocycles. The molecule has 0 radical (unpaired) electrons. The first-order valence-corrected chi connectivity index (χ1v) is 13.7. The van der Waals surface area contributed by atoms with E-state index in [0.29, 0.717) is 37.6 Å². The highest BCUT2D eigenvalue weighted by Crippen LogP contribution is 2.40. The molecule has 4 rings (SSSR count). The molecule has 0 bridgehead atoms. The van der Waals surface area contributed by atoms with Crippen LogP contribution in [0.15, 0.2) is 59.5 Å². The van der Waals surface area contributed by atoms with Crippen molar-refractivity contribution in [3.05, 3.63) is 59.6 Å². The lowest BCUT2D eigenvalue weighted by atomic mass is 9.86. The Morgan fingerprint density at radius 3 is 2.17 bits per heavy atom. The molecule has 0 aliphatic carbocycles. The molecule has 2 heterocycles. The summed E-state index contributed by atoms with van der Waals surface area (Å²) >= 11 is 5.92. The third kappa shape index (κ3) is 4.77.